The number of nitrogens with zero attached hydrogens (tertiary/aromatic N) is 3. The average Bonchev–Trinajstić information content (AvgIpc) is 3.04. The molecule has 0 radical (unpaired) electrons. The Kier molecular flexibility index (Phi) is 3.92. The van der Waals surface area contributed by atoms with E-state index in [1.165, 1.54) is 24.3 Å². The van der Waals surface area contributed by atoms with Crippen LogP contribution < -0.4 is 10.6 Å². The highest BCUT2D eigenvalue weighted by atomic mass is 19.1. The van der Waals surface area contributed by atoms with Gasteiger partial charge in [0.15, 0.2) is 0 Å². The van der Waals surface area contributed by atoms with Gasteiger partial charge < -0.3 is 0 Å². The Bertz CT molecular complexity index is 969. The molecule has 0 spiro atoms. The van der Waals surface area contributed by atoms with E-state index in [0.29, 0.717) is 0 Å². The van der Waals surface area contributed by atoms with Crippen molar-refractivity contribution in [3.05, 3.63) is 71.5 Å². The molecule has 1 aliphatic rings. The Balaban J connectivity index is 1.61. The maximum Gasteiger partial charge on any atom is 0.258 e. The Morgan fingerprint density at radius 1 is 1.15 bits per heavy atom. The minimum atomic E-state index is -0.462. The second-order valence-corrected chi connectivity index (χ2v) is 5.84. The van der Waals surface area contributed by atoms with Gasteiger partial charge in [0.1, 0.15) is 5.82 Å². The van der Waals surface area contributed by atoms with Gasteiger partial charge in [0, 0.05) is 5.56 Å². The zero-order valence-corrected chi connectivity index (χ0v) is 13.5. The third-order valence-electron chi connectivity index (χ3n) is 4.07. The molecule has 2 heterocycles. The fourth-order valence-corrected chi connectivity index (χ4v) is 2.83. The van der Waals surface area contributed by atoms with Crippen molar-refractivity contribution < 1.29 is 14.0 Å². The lowest BCUT2D eigenvalue weighted by molar-refractivity contribution is -0.117. The fraction of sp³-hybridized carbons (Fsp3) is 0.111. The zero-order chi connectivity index (χ0) is 18.1. The summed E-state index contributed by atoms with van der Waals surface area (Å²) in [7, 11) is 0. The van der Waals surface area contributed by atoms with Crippen LogP contribution in [-0.4, -0.2) is 26.6 Å². The summed E-state index contributed by atoms with van der Waals surface area (Å²) in [5.74, 6) is -0.724. The lowest BCUT2D eigenvalue weighted by Gasteiger charge is -2.23. The predicted octanol–water partition coefficient (Wildman–Crippen LogP) is 2.60. The molecule has 4 rings (SSSR count). The summed E-state index contributed by atoms with van der Waals surface area (Å²) in [5.41, 5.74) is 1.20. The molecule has 1 atom stereocenters. The van der Waals surface area contributed by atoms with Gasteiger partial charge in [-0.3, -0.25) is 20.2 Å². The maximum absolute atomic E-state index is 13.0. The molecule has 8 heteroatoms. The Labute approximate surface area is 147 Å². The quantitative estimate of drug-likeness (QED) is 0.759. The third kappa shape index (κ3) is 3.04. The second-order valence-electron chi connectivity index (χ2n) is 5.84. The largest absolute Gasteiger partial charge is 0.295 e. The van der Waals surface area contributed by atoms with Gasteiger partial charge in [-0.15, -0.1) is 5.10 Å². The molecule has 1 aliphatic heterocycles. The van der Waals surface area contributed by atoms with Gasteiger partial charge in [-0.05, 0) is 29.8 Å². The smallest absolute Gasteiger partial charge is 0.258 e. The topological polar surface area (TPSA) is 88.9 Å². The van der Waals surface area contributed by atoms with E-state index in [2.05, 4.69) is 20.7 Å². The van der Waals surface area contributed by atoms with Crippen LogP contribution in [0.4, 0.5) is 16.3 Å². The Morgan fingerprint density at radius 2 is 1.88 bits per heavy atom. The number of fused-ring (bicyclic) bond motifs is 1. The molecule has 2 amide bonds. The van der Waals surface area contributed by atoms with E-state index in [4.69, 9.17) is 0 Å². The van der Waals surface area contributed by atoms with Crippen LogP contribution in [0.2, 0.25) is 0 Å². The van der Waals surface area contributed by atoms with Crippen molar-refractivity contribution in [1.29, 1.82) is 0 Å². The van der Waals surface area contributed by atoms with Crippen LogP contribution in [0, 0.1) is 5.82 Å². The molecular weight excluding hydrogens is 337 g/mol. The van der Waals surface area contributed by atoms with E-state index in [9.17, 15) is 14.0 Å². The van der Waals surface area contributed by atoms with Crippen molar-refractivity contribution in [2.45, 2.75) is 12.5 Å². The summed E-state index contributed by atoms with van der Waals surface area (Å²) in [5, 5.41) is 9.53. The number of carbonyl (C=O) groups is 2. The highest BCUT2D eigenvalue weighted by Gasteiger charge is 2.29. The minimum Gasteiger partial charge on any atom is -0.295 e. The number of anilines is 2. The van der Waals surface area contributed by atoms with Crippen molar-refractivity contribution in [2.24, 2.45) is 0 Å². The second kappa shape index (κ2) is 6.40. The van der Waals surface area contributed by atoms with E-state index in [1.807, 2.05) is 30.3 Å². The zero-order valence-electron chi connectivity index (χ0n) is 13.5. The van der Waals surface area contributed by atoms with Crippen molar-refractivity contribution in [1.82, 2.24) is 14.8 Å². The van der Waals surface area contributed by atoms with Crippen molar-refractivity contribution >= 4 is 23.7 Å². The van der Waals surface area contributed by atoms with E-state index in [0.717, 1.165) is 5.56 Å². The van der Waals surface area contributed by atoms with Crippen LogP contribution >= 0.6 is 0 Å². The number of aromatic nitrogens is 3. The SMILES string of the molecule is O=C1C[C@@H](c2ccccc2)n2nc(NC(=O)c3ccc(F)cc3)nc2N1. The molecule has 130 valence electrons. The van der Waals surface area contributed by atoms with Crippen molar-refractivity contribution in [3.8, 4) is 0 Å². The van der Waals surface area contributed by atoms with Crippen LogP contribution in [-0.2, 0) is 4.79 Å². The number of carbonyl (C=O) groups excluding carboxylic acids is 2. The van der Waals surface area contributed by atoms with Crippen LogP contribution in [0.1, 0.15) is 28.4 Å². The van der Waals surface area contributed by atoms with Gasteiger partial charge in [-0.2, -0.15) is 4.98 Å². The van der Waals surface area contributed by atoms with Gasteiger partial charge in [0.05, 0.1) is 12.5 Å². The molecule has 7 nitrogen and oxygen atoms in total. The van der Waals surface area contributed by atoms with Crippen LogP contribution in [0.15, 0.2) is 54.6 Å². The van der Waals surface area contributed by atoms with Crippen molar-refractivity contribution in [3.63, 3.8) is 0 Å². The number of hydrogen-bond donors (Lipinski definition) is 2. The first-order valence-electron chi connectivity index (χ1n) is 7.98. The summed E-state index contributed by atoms with van der Waals surface area (Å²) >= 11 is 0. The average molecular weight is 351 g/mol. The van der Waals surface area contributed by atoms with Crippen LogP contribution in [0.5, 0.6) is 0 Å². The minimum absolute atomic E-state index is 0.0671. The highest BCUT2D eigenvalue weighted by molar-refractivity contribution is 6.03. The lowest BCUT2D eigenvalue weighted by atomic mass is 10.0. The lowest BCUT2D eigenvalue weighted by Crippen LogP contribution is -2.29. The molecular formula is C18H14FN5O2. The molecule has 0 saturated heterocycles. The van der Waals surface area contributed by atoms with Crippen molar-refractivity contribution in [2.75, 3.05) is 10.6 Å². The van der Waals surface area contributed by atoms with Gasteiger partial charge in [0.25, 0.3) is 11.9 Å². The van der Waals surface area contributed by atoms with Gasteiger partial charge in [-0.1, -0.05) is 30.3 Å². The van der Waals surface area contributed by atoms with E-state index in [1.54, 1.807) is 4.68 Å². The first-order chi connectivity index (χ1) is 12.6. The number of amides is 2. The maximum atomic E-state index is 13.0. The van der Waals surface area contributed by atoms with Gasteiger partial charge >= 0.3 is 0 Å². The summed E-state index contributed by atoms with van der Waals surface area (Å²) < 4.78 is 14.6. The number of hydrogen-bond acceptors (Lipinski definition) is 4. The normalized spacial score (nSPS) is 15.9. The molecule has 0 fully saturated rings. The van der Waals surface area contributed by atoms with Crippen LogP contribution in [0.25, 0.3) is 0 Å². The summed E-state index contributed by atoms with van der Waals surface area (Å²) in [6.45, 7) is 0. The third-order valence-corrected chi connectivity index (χ3v) is 4.07. The summed E-state index contributed by atoms with van der Waals surface area (Å²) in [4.78, 5) is 28.4. The number of nitrogens with one attached hydrogen (secondary N) is 2. The summed E-state index contributed by atoms with van der Waals surface area (Å²) in [6, 6.07) is 14.3. The Hall–Kier alpha value is -3.55. The number of halogens is 1. The molecule has 0 unspecified atom stereocenters. The molecule has 2 aromatic carbocycles. The van der Waals surface area contributed by atoms with E-state index in [-0.39, 0.29) is 35.8 Å². The van der Waals surface area contributed by atoms with Gasteiger partial charge in [0.2, 0.25) is 11.9 Å². The molecule has 1 aromatic heterocycles. The highest BCUT2D eigenvalue weighted by Crippen LogP contribution is 2.29. The monoisotopic (exact) mass is 351 g/mol. The summed E-state index contributed by atoms with van der Waals surface area (Å²) in [6.07, 6.45) is 0.228. The molecule has 0 bridgehead atoms. The molecule has 26 heavy (non-hydrogen) atoms. The van der Waals surface area contributed by atoms with E-state index >= 15 is 0 Å². The number of rotatable bonds is 3. The van der Waals surface area contributed by atoms with Crippen LogP contribution in [0.3, 0.4) is 0 Å². The molecule has 0 aliphatic carbocycles. The standard InChI is InChI=1S/C18H14FN5O2/c19-13-8-6-12(7-9-13)16(26)21-17-22-18-20-15(25)10-14(24(18)23-17)11-4-2-1-3-5-11/h1-9,14H,10H2,(H2,20,21,22,23,25,26)/t14-/m0/s1. The Morgan fingerprint density at radius 3 is 2.62 bits per heavy atom. The first-order valence-corrected chi connectivity index (χ1v) is 7.98. The molecule has 3 aromatic rings. The fourth-order valence-electron chi connectivity index (χ4n) is 2.83. The number of benzene rings is 2. The first kappa shape index (κ1) is 15.9. The van der Waals surface area contributed by atoms with Gasteiger partial charge in [-0.25, -0.2) is 9.07 Å². The molecule has 0 saturated carbocycles. The molecule has 2 N–H and O–H groups in total. The van der Waals surface area contributed by atoms with E-state index < -0.39 is 11.7 Å². The predicted molar refractivity (Wildman–Crippen MR) is 92.2 cm³/mol.